The molecule has 0 bridgehead atoms. The van der Waals surface area contributed by atoms with Gasteiger partial charge in [-0.2, -0.15) is 0 Å². The summed E-state index contributed by atoms with van der Waals surface area (Å²) >= 11 is 1.60. The van der Waals surface area contributed by atoms with Crippen LogP contribution in [0.1, 0.15) is 46.1 Å². The lowest BCUT2D eigenvalue weighted by molar-refractivity contribution is -0.148. The predicted molar refractivity (Wildman–Crippen MR) is 80.1 cm³/mol. The van der Waals surface area contributed by atoms with Crippen molar-refractivity contribution in [1.82, 2.24) is 25.5 Å². The lowest BCUT2D eigenvalue weighted by Gasteiger charge is -2.29. The van der Waals surface area contributed by atoms with Gasteiger partial charge in [0.2, 0.25) is 5.16 Å². The Morgan fingerprint density at radius 3 is 2.90 bits per heavy atom. The Kier molecular flexibility index (Phi) is 5.21. The van der Waals surface area contributed by atoms with Crippen LogP contribution in [0.3, 0.4) is 0 Å². The molecule has 1 aliphatic carbocycles. The number of ether oxygens (including phenoxy) is 1. The van der Waals surface area contributed by atoms with Crippen LogP contribution in [0.15, 0.2) is 5.16 Å². The smallest absolute Gasteiger partial charge is 0.325 e. The summed E-state index contributed by atoms with van der Waals surface area (Å²) in [7, 11) is 1.42. The zero-order chi connectivity index (χ0) is 15.5. The Labute approximate surface area is 129 Å². The summed E-state index contributed by atoms with van der Waals surface area (Å²) in [6.07, 6.45) is 2.93. The Balaban J connectivity index is 2.00. The van der Waals surface area contributed by atoms with Crippen LogP contribution < -0.4 is 5.32 Å². The Morgan fingerprint density at radius 1 is 1.62 bits per heavy atom. The lowest BCUT2D eigenvalue weighted by atomic mass is 9.96. The number of thioether (sulfide) groups is 1. The molecule has 1 fully saturated rings. The summed E-state index contributed by atoms with van der Waals surface area (Å²) in [5, 5.41) is 16.1. The summed E-state index contributed by atoms with van der Waals surface area (Å²) in [6.45, 7) is 6.65. The molecule has 21 heavy (non-hydrogen) atoms. The topological polar surface area (TPSA) is 81.9 Å². The van der Waals surface area contributed by atoms with Crippen molar-refractivity contribution >= 4 is 17.7 Å². The fourth-order valence-electron chi connectivity index (χ4n) is 2.45. The van der Waals surface area contributed by atoms with Gasteiger partial charge in [0.05, 0.1) is 13.2 Å². The van der Waals surface area contributed by atoms with Crippen LogP contribution >= 0.6 is 11.8 Å². The van der Waals surface area contributed by atoms with E-state index in [0.29, 0.717) is 19.0 Å². The normalized spacial score (nSPS) is 19.0. The van der Waals surface area contributed by atoms with Crippen LogP contribution in [0.25, 0.3) is 0 Å². The van der Waals surface area contributed by atoms with Crippen molar-refractivity contribution in [2.75, 3.05) is 13.7 Å². The van der Waals surface area contributed by atoms with Crippen molar-refractivity contribution < 1.29 is 9.53 Å². The molecule has 2 unspecified atom stereocenters. The highest BCUT2D eigenvalue weighted by Crippen LogP contribution is 2.38. The number of tetrazole rings is 1. The van der Waals surface area contributed by atoms with Gasteiger partial charge in [-0.1, -0.05) is 25.6 Å². The standard InChI is InChI=1S/C13H23N5O2S/c1-5-14-13(3,11(19)20-4)8-9(2)21-12-15-16-17-18(12)10-6-7-10/h9-10,14H,5-8H2,1-4H3. The fourth-order valence-corrected chi connectivity index (χ4v) is 3.60. The quantitative estimate of drug-likeness (QED) is 0.574. The molecule has 0 spiro atoms. The number of nitrogens with one attached hydrogen (secondary N) is 1. The molecule has 1 aromatic heterocycles. The average molecular weight is 313 g/mol. The third-order valence-corrected chi connectivity index (χ3v) is 4.61. The predicted octanol–water partition coefficient (Wildman–Crippen LogP) is 1.42. The highest BCUT2D eigenvalue weighted by atomic mass is 32.2. The van der Waals surface area contributed by atoms with Crippen molar-refractivity contribution in [3.8, 4) is 0 Å². The number of methoxy groups -OCH3 is 1. The first kappa shape index (κ1) is 16.2. The first-order chi connectivity index (χ1) is 10.00. The molecule has 2 atom stereocenters. The van der Waals surface area contributed by atoms with Gasteiger partial charge in [0.25, 0.3) is 0 Å². The van der Waals surface area contributed by atoms with E-state index in [1.165, 1.54) is 7.11 Å². The van der Waals surface area contributed by atoms with E-state index in [0.717, 1.165) is 18.0 Å². The SMILES string of the molecule is CCNC(C)(CC(C)Sc1nnnn1C1CC1)C(=O)OC. The maximum atomic E-state index is 12.0. The number of esters is 1. The van der Waals surface area contributed by atoms with Gasteiger partial charge in [0.1, 0.15) is 5.54 Å². The van der Waals surface area contributed by atoms with Crippen LogP contribution in [0.2, 0.25) is 0 Å². The number of likely N-dealkylation sites (N-methyl/N-ethyl adjacent to an activating group) is 1. The van der Waals surface area contributed by atoms with Crippen molar-refractivity contribution in [2.45, 2.75) is 62.0 Å². The number of carbonyl (C=O) groups is 1. The summed E-state index contributed by atoms with van der Waals surface area (Å²) in [6, 6.07) is 0.454. The van der Waals surface area contributed by atoms with E-state index in [1.54, 1.807) is 11.8 Å². The zero-order valence-corrected chi connectivity index (χ0v) is 13.8. The van der Waals surface area contributed by atoms with Crippen LogP contribution in [-0.4, -0.2) is 50.6 Å². The molecule has 7 nitrogen and oxygen atoms in total. The third-order valence-electron chi connectivity index (χ3n) is 3.56. The monoisotopic (exact) mass is 313 g/mol. The average Bonchev–Trinajstić information content (AvgIpc) is 3.18. The van der Waals surface area contributed by atoms with Crippen LogP contribution in [0.4, 0.5) is 0 Å². The number of nitrogens with zero attached hydrogens (tertiary/aromatic N) is 4. The highest BCUT2D eigenvalue weighted by molar-refractivity contribution is 7.99. The van der Waals surface area contributed by atoms with Crippen LogP contribution in [0.5, 0.6) is 0 Å². The van der Waals surface area contributed by atoms with E-state index in [-0.39, 0.29) is 11.2 Å². The van der Waals surface area contributed by atoms with Gasteiger partial charge in [-0.25, -0.2) is 4.68 Å². The minimum Gasteiger partial charge on any atom is -0.468 e. The van der Waals surface area contributed by atoms with Gasteiger partial charge < -0.3 is 10.1 Å². The molecule has 0 radical (unpaired) electrons. The molecule has 1 heterocycles. The third kappa shape index (κ3) is 3.94. The first-order valence-corrected chi connectivity index (χ1v) is 8.16. The lowest BCUT2D eigenvalue weighted by Crippen LogP contribution is -2.51. The van der Waals surface area contributed by atoms with E-state index < -0.39 is 5.54 Å². The second-order valence-corrected chi connectivity index (χ2v) is 7.03. The van der Waals surface area contributed by atoms with Gasteiger partial charge in [0.15, 0.2) is 0 Å². The molecule has 8 heteroatoms. The zero-order valence-electron chi connectivity index (χ0n) is 13.0. The van der Waals surface area contributed by atoms with Gasteiger partial charge in [0, 0.05) is 5.25 Å². The Bertz CT molecular complexity index is 491. The molecule has 1 saturated carbocycles. The van der Waals surface area contributed by atoms with E-state index >= 15 is 0 Å². The second kappa shape index (κ2) is 6.74. The summed E-state index contributed by atoms with van der Waals surface area (Å²) < 4.78 is 6.81. The first-order valence-electron chi connectivity index (χ1n) is 7.28. The van der Waals surface area contributed by atoms with Crippen molar-refractivity contribution in [3.05, 3.63) is 0 Å². The van der Waals surface area contributed by atoms with Gasteiger partial charge in [-0.3, -0.25) is 4.79 Å². The van der Waals surface area contributed by atoms with E-state index in [9.17, 15) is 4.79 Å². The summed E-state index contributed by atoms with van der Waals surface area (Å²) in [5.41, 5.74) is -0.687. The molecular weight excluding hydrogens is 290 g/mol. The van der Waals surface area contributed by atoms with E-state index in [2.05, 4.69) is 27.8 Å². The van der Waals surface area contributed by atoms with Crippen LogP contribution in [-0.2, 0) is 9.53 Å². The molecule has 1 N–H and O–H groups in total. The number of hydrogen-bond acceptors (Lipinski definition) is 7. The molecule has 0 aliphatic heterocycles. The molecule has 118 valence electrons. The Morgan fingerprint density at radius 2 is 2.33 bits per heavy atom. The molecule has 0 aromatic carbocycles. The fraction of sp³-hybridized carbons (Fsp3) is 0.846. The highest BCUT2D eigenvalue weighted by Gasteiger charge is 2.36. The van der Waals surface area contributed by atoms with Crippen molar-refractivity contribution in [1.29, 1.82) is 0 Å². The number of carbonyl (C=O) groups excluding carboxylic acids is 1. The minimum absolute atomic E-state index is 0.191. The molecule has 1 aromatic rings. The number of hydrogen-bond donors (Lipinski definition) is 1. The van der Waals surface area contributed by atoms with Crippen molar-refractivity contribution in [2.24, 2.45) is 0 Å². The maximum absolute atomic E-state index is 12.0. The number of rotatable bonds is 8. The van der Waals surface area contributed by atoms with Gasteiger partial charge >= 0.3 is 5.97 Å². The summed E-state index contributed by atoms with van der Waals surface area (Å²) in [4.78, 5) is 12.0. The second-order valence-electron chi connectivity index (χ2n) is 5.62. The minimum atomic E-state index is -0.687. The maximum Gasteiger partial charge on any atom is 0.325 e. The Hall–Kier alpha value is -1.15. The largest absolute Gasteiger partial charge is 0.468 e. The summed E-state index contributed by atoms with van der Waals surface area (Å²) in [5.74, 6) is -0.237. The molecule has 2 rings (SSSR count). The molecule has 1 aliphatic rings. The van der Waals surface area contributed by atoms with E-state index in [4.69, 9.17) is 4.74 Å². The van der Waals surface area contributed by atoms with Crippen molar-refractivity contribution in [3.63, 3.8) is 0 Å². The van der Waals surface area contributed by atoms with Crippen LogP contribution in [0, 0.1) is 0 Å². The molecule has 0 amide bonds. The molecule has 0 saturated heterocycles. The number of aromatic nitrogens is 4. The van der Waals surface area contributed by atoms with E-state index in [1.807, 2.05) is 18.5 Å². The van der Waals surface area contributed by atoms with Gasteiger partial charge in [-0.05, 0) is 43.2 Å². The molecular formula is C13H23N5O2S. The van der Waals surface area contributed by atoms with Gasteiger partial charge in [-0.15, -0.1) is 5.10 Å².